The highest BCUT2D eigenvalue weighted by Gasteiger charge is 2.16. The predicted octanol–water partition coefficient (Wildman–Crippen LogP) is 4.60. The molecule has 0 fully saturated rings. The van der Waals surface area contributed by atoms with E-state index in [1.54, 1.807) is 43.3 Å². The van der Waals surface area contributed by atoms with Crippen LogP contribution in [0.2, 0.25) is 0 Å². The number of thiazole rings is 1. The normalized spacial score (nSPS) is 11.4. The Hall–Kier alpha value is -3.50. The second kappa shape index (κ2) is 8.67. The van der Waals surface area contributed by atoms with E-state index >= 15 is 0 Å². The number of anilines is 1. The summed E-state index contributed by atoms with van der Waals surface area (Å²) in [6.07, 6.45) is -0.724. The van der Waals surface area contributed by atoms with Crippen molar-refractivity contribution in [2.75, 3.05) is 5.32 Å². The first-order valence-corrected chi connectivity index (χ1v) is 9.75. The van der Waals surface area contributed by atoms with Gasteiger partial charge in [0.25, 0.3) is 5.91 Å². The molecule has 1 amide bonds. The van der Waals surface area contributed by atoms with Crippen LogP contribution in [0.3, 0.4) is 0 Å². The van der Waals surface area contributed by atoms with Gasteiger partial charge in [-0.3, -0.25) is 9.59 Å². The molecule has 1 atom stereocenters. The molecule has 0 saturated heterocycles. The number of amides is 1. The quantitative estimate of drug-likeness (QED) is 0.605. The number of Topliss-reactive ketones (excluding diaryl/α,β-unsaturated/α-hetero) is 1. The van der Waals surface area contributed by atoms with Gasteiger partial charge in [0, 0.05) is 18.2 Å². The van der Waals surface area contributed by atoms with Gasteiger partial charge in [-0.15, -0.1) is 11.3 Å². The molecule has 2 aromatic carbocycles. The number of nitrogens with zero attached hydrogens (tertiary/aromatic N) is 2. The van der Waals surface area contributed by atoms with Crippen molar-refractivity contribution in [1.29, 1.82) is 5.26 Å². The van der Waals surface area contributed by atoms with Gasteiger partial charge in [-0.1, -0.05) is 6.07 Å². The van der Waals surface area contributed by atoms with Crippen LogP contribution in [0.5, 0.6) is 5.75 Å². The molecule has 0 aliphatic rings. The van der Waals surface area contributed by atoms with Crippen molar-refractivity contribution in [2.24, 2.45) is 0 Å². The molecule has 7 heteroatoms. The molecular formula is C22H19N3O3S. The topological polar surface area (TPSA) is 92.1 Å². The Morgan fingerprint density at radius 1 is 1.21 bits per heavy atom. The molecule has 1 aromatic heterocycles. The van der Waals surface area contributed by atoms with Gasteiger partial charge < -0.3 is 10.1 Å². The Morgan fingerprint density at radius 3 is 2.55 bits per heavy atom. The summed E-state index contributed by atoms with van der Waals surface area (Å²) < 4.78 is 5.71. The number of ketones is 1. The molecule has 0 spiro atoms. The first kappa shape index (κ1) is 20.2. The van der Waals surface area contributed by atoms with E-state index in [9.17, 15) is 9.59 Å². The molecule has 29 heavy (non-hydrogen) atoms. The van der Waals surface area contributed by atoms with Crippen molar-refractivity contribution in [3.8, 4) is 22.4 Å². The maximum absolute atomic E-state index is 12.3. The second-order valence-electron chi connectivity index (χ2n) is 6.46. The second-order valence-corrected chi connectivity index (χ2v) is 7.46. The van der Waals surface area contributed by atoms with Crippen LogP contribution >= 0.6 is 11.3 Å². The number of benzene rings is 2. The van der Waals surface area contributed by atoms with Crippen molar-refractivity contribution >= 4 is 28.7 Å². The first-order chi connectivity index (χ1) is 13.9. The zero-order valence-corrected chi connectivity index (χ0v) is 17.0. The van der Waals surface area contributed by atoms with Gasteiger partial charge in [-0.2, -0.15) is 5.26 Å². The Labute approximate surface area is 172 Å². The SMILES string of the molecule is CC(=O)c1sc(-c2ccc(O[C@@H](C)C(=O)Nc3cccc(C#N)c3)cc2)nc1C. The van der Waals surface area contributed by atoms with Gasteiger partial charge in [0.05, 0.1) is 22.2 Å². The van der Waals surface area contributed by atoms with E-state index in [0.717, 1.165) is 16.3 Å². The molecule has 0 unspecified atom stereocenters. The number of carbonyl (C=O) groups is 2. The van der Waals surface area contributed by atoms with Gasteiger partial charge >= 0.3 is 0 Å². The third-order valence-electron chi connectivity index (χ3n) is 4.16. The number of rotatable bonds is 6. The Morgan fingerprint density at radius 2 is 1.93 bits per heavy atom. The van der Waals surface area contributed by atoms with E-state index in [2.05, 4.69) is 10.3 Å². The zero-order chi connectivity index (χ0) is 21.0. The molecule has 1 heterocycles. The molecule has 0 radical (unpaired) electrons. The Bertz CT molecular complexity index is 1100. The van der Waals surface area contributed by atoms with Crippen LogP contribution < -0.4 is 10.1 Å². The number of ether oxygens (including phenoxy) is 1. The number of aromatic nitrogens is 1. The third-order valence-corrected chi connectivity index (χ3v) is 5.47. The molecule has 0 aliphatic carbocycles. The lowest BCUT2D eigenvalue weighted by atomic mass is 10.2. The number of aryl methyl sites for hydroxylation is 1. The number of carbonyl (C=O) groups excluding carboxylic acids is 2. The van der Waals surface area contributed by atoms with Crippen LogP contribution in [0, 0.1) is 18.3 Å². The Balaban J connectivity index is 1.65. The van der Waals surface area contributed by atoms with Gasteiger partial charge in [0.2, 0.25) is 0 Å². The van der Waals surface area contributed by atoms with E-state index in [-0.39, 0.29) is 11.7 Å². The first-order valence-electron chi connectivity index (χ1n) is 8.94. The summed E-state index contributed by atoms with van der Waals surface area (Å²) in [4.78, 5) is 29.1. The van der Waals surface area contributed by atoms with E-state index in [0.29, 0.717) is 21.9 Å². The lowest BCUT2D eigenvalue weighted by Crippen LogP contribution is -2.30. The summed E-state index contributed by atoms with van der Waals surface area (Å²) in [5, 5.41) is 12.4. The zero-order valence-electron chi connectivity index (χ0n) is 16.2. The highest BCUT2D eigenvalue weighted by atomic mass is 32.1. The molecule has 0 bridgehead atoms. The van der Waals surface area contributed by atoms with E-state index < -0.39 is 6.10 Å². The molecule has 1 N–H and O–H groups in total. The van der Waals surface area contributed by atoms with E-state index in [1.165, 1.54) is 18.3 Å². The average Bonchev–Trinajstić information content (AvgIpc) is 3.10. The number of hydrogen-bond acceptors (Lipinski definition) is 6. The molecule has 3 rings (SSSR count). The standard InChI is InChI=1S/C22H19N3O3S/c1-13-20(14(2)26)29-22(24-13)17-7-9-19(10-8-17)28-15(3)21(27)25-18-6-4-5-16(11-18)12-23/h4-11,15H,1-3H3,(H,25,27)/t15-/m0/s1. The van der Waals surface area contributed by atoms with Gasteiger partial charge in [0.15, 0.2) is 11.9 Å². The minimum atomic E-state index is -0.724. The summed E-state index contributed by atoms with van der Waals surface area (Å²) in [5.41, 5.74) is 2.62. The molecule has 146 valence electrons. The molecular weight excluding hydrogens is 386 g/mol. The van der Waals surface area contributed by atoms with Crippen molar-refractivity contribution in [2.45, 2.75) is 26.9 Å². The molecule has 6 nitrogen and oxygen atoms in total. The summed E-state index contributed by atoms with van der Waals surface area (Å²) in [6.45, 7) is 5.01. The molecule has 0 aliphatic heterocycles. The monoisotopic (exact) mass is 405 g/mol. The average molecular weight is 405 g/mol. The highest BCUT2D eigenvalue weighted by Crippen LogP contribution is 2.29. The van der Waals surface area contributed by atoms with Gasteiger partial charge in [-0.05, 0) is 56.3 Å². The van der Waals surface area contributed by atoms with Crippen molar-refractivity contribution in [3.63, 3.8) is 0 Å². The minimum absolute atomic E-state index is 0.00588. The number of nitriles is 1. The van der Waals surface area contributed by atoms with E-state index in [4.69, 9.17) is 10.00 Å². The van der Waals surface area contributed by atoms with Crippen LogP contribution in [0.1, 0.15) is 34.8 Å². The Kier molecular flexibility index (Phi) is 6.05. The number of hydrogen-bond donors (Lipinski definition) is 1. The highest BCUT2D eigenvalue weighted by molar-refractivity contribution is 7.17. The van der Waals surface area contributed by atoms with E-state index in [1.807, 2.05) is 25.1 Å². The van der Waals surface area contributed by atoms with Crippen molar-refractivity contribution < 1.29 is 14.3 Å². The minimum Gasteiger partial charge on any atom is -0.481 e. The maximum Gasteiger partial charge on any atom is 0.265 e. The summed E-state index contributed by atoms with van der Waals surface area (Å²) in [7, 11) is 0. The van der Waals surface area contributed by atoms with Gasteiger partial charge in [-0.25, -0.2) is 4.98 Å². The fourth-order valence-corrected chi connectivity index (χ4v) is 3.66. The fourth-order valence-electron chi connectivity index (χ4n) is 2.69. The van der Waals surface area contributed by atoms with Gasteiger partial charge in [0.1, 0.15) is 10.8 Å². The van der Waals surface area contributed by atoms with Crippen LogP contribution in [-0.4, -0.2) is 22.8 Å². The van der Waals surface area contributed by atoms with Crippen LogP contribution in [0.25, 0.3) is 10.6 Å². The lowest BCUT2D eigenvalue weighted by Gasteiger charge is -2.15. The predicted molar refractivity (Wildman–Crippen MR) is 112 cm³/mol. The summed E-state index contributed by atoms with van der Waals surface area (Å²) in [6, 6.07) is 15.9. The summed E-state index contributed by atoms with van der Waals surface area (Å²) >= 11 is 1.36. The maximum atomic E-state index is 12.3. The van der Waals surface area contributed by atoms with Crippen LogP contribution in [-0.2, 0) is 4.79 Å². The van der Waals surface area contributed by atoms with Crippen LogP contribution in [0.4, 0.5) is 5.69 Å². The fraction of sp³-hybridized carbons (Fsp3) is 0.182. The van der Waals surface area contributed by atoms with Crippen molar-refractivity contribution in [3.05, 3.63) is 64.7 Å². The summed E-state index contributed by atoms with van der Waals surface area (Å²) in [5.74, 6) is 0.236. The smallest absolute Gasteiger partial charge is 0.265 e. The van der Waals surface area contributed by atoms with Crippen molar-refractivity contribution in [1.82, 2.24) is 4.98 Å². The van der Waals surface area contributed by atoms with Crippen LogP contribution in [0.15, 0.2) is 48.5 Å². The number of nitrogens with one attached hydrogen (secondary N) is 1. The third kappa shape index (κ3) is 4.86. The largest absolute Gasteiger partial charge is 0.481 e. The lowest BCUT2D eigenvalue weighted by molar-refractivity contribution is -0.122. The molecule has 0 saturated carbocycles. The molecule has 3 aromatic rings.